The summed E-state index contributed by atoms with van der Waals surface area (Å²) < 4.78 is 40.5. The number of non-ortho nitro benzene ring substituents is 1. The molecule has 2 amide bonds. The summed E-state index contributed by atoms with van der Waals surface area (Å²) in [5.41, 5.74) is 3.59. The lowest BCUT2D eigenvalue weighted by Gasteiger charge is -2.16. The molecule has 1 saturated heterocycles. The van der Waals surface area contributed by atoms with E-state index in [0.29, 0.717) is 12.8 Å². The Morgan fingerprint density at radius 2 is 1.60 bits per heavy atom. The van der Waals surface area contributed by atoms with E-state index in [2.05, 4.69) is 10.9 Å². The Bertz CT molecular complexity index is 1120. The number of carbonyl (C=O) groups excluding carboxylic acids is 2. The summed E-state index contributed by atoms with van der Waals surface area (Å²) in [6.45, 7) is 0.551. The first kappa shape index (κ1) is 21.3. The minimum absolute atomic E-state index is 0.0686. The summed E-state index contributed by atoms with van der Waals surface area (Å²) in [6, 6.07) is 7.69. The Hall–Kier alpha value is -3.38. The number of nitrogens with zero attached hydrogens (tertiary/aromatic N) is 2. The van der Waals surface area contributed by atoms with Crippen molar-refractivity contribution < 1.29 is 27.3 Å². The number of nitrogens with one attached hydrogen (secondary N) is 2. The normalized spacial score (nSPS) is 14.3. The van der Waals surface area contributed by atoms with E-state index in [0.717, 1.165) is 28.6 Å². The van der Waals surface area contributed by atoms with Gasteiger partial charge in [-0.3, -0.25) is 30.6 Å². The topological polar surface area (TPSA) is 139 Å². The molecule has 0 radical (unpaired) electrons. The number of hydrogen-bond acceptors (Lipinski definition) is 6. The van der Waals surface area contributed by atoms with Gasteiger partial charge in [-0.2, -0.15) is 4.31 Å². The van der Waals surface area contributed by atoms with E-state index in [9.17, 15) is 32.5 Å². The van der Waals surface area contributed by atoms with Gasteiger partial charge in [0, 0.05) is 36.3 Å². The summed E-state index contributed by atoms with van der Waals surface area (Å²) in [5, 5.41) is 10.8. The average Bonchev–Trinajstić information content (AvgIpc) is 3.28. The zero-order valence-electron chi connectivity index (χ0n) is 15.5. The molecule has 2 N–H and O–H groups in total. The number of rotatable bonds is 5. The second kappa shape index (κ2) is 8.55. The first-order valence-corrected chi connectivity index (χ1v) is 10.3. The maximum absolute atomic E-state index is 14.2. The van der Waals surface area contributed by atoms with Crippen LogP contribution in [0.1, 0.15) is 33.6 Å². The van der Waals surface area contributed by atoms with Gasteiger partial charge in [0.15, 0.2) is 0 Å². The molecule has 1 heterocycles. The van der Waals surface area contributed by atoms with Crippen LogP contribution in [-0.4, -0.2) is 42.6 Å². The van der Waals surface area contributed by atoms with Crippen LogP contribution < -0.4 is 10.9 Å². The van der Waals surface area contributed by atoms with Gasteiger partial charge < -0.3 is 0 Å². The number of nitro benzene ring substituents is 1. The van der Waals surface area contributed by atoms with E-state index in [4.69, 9.17) is 0 Å². The molecule has 3 rings (SSSR count). The van der Waals surface area contributed by atoms with E-state index in [1.807, 2.05) is 0 Å². The van der Waals surface area contributed by atoms with Crippen molar-refractivity contribution in [1.29, 1.82) is 0 Å². The number of hydrogen-bond donors (Lipinski definition) is 2. The van der Waals surface area contributed by atoms with Crippen molar-refractivity contribution >= 4 is 27.5 Å². The highest BCUT2D eigenvalue weighted by Crippen LogP contribution is 2.24. The van der Waals surface area contributed by atoms with Gasteiger partial charge in [-0.1, -0.05) is 6.07 Å². The summed E-state index contributed by atoms with van der Waals surface area (Å²) in [6.07, 6.45) is 1.34. The summed E-state index contributed by atoms with van der Waals surface area (Å²) in [7, 11) is -4.09. The van der Waals surface area contributed by atoms with Crippen molar-refractivity contribution in [2.75, 3.05) is 13.1 Å². The Morgan fingerprint density at radius 3 is 2.20 bits per heavy atom. The van der Waals surface area contributed by atoms with E-state index in [-0.39, 0.29) is 29.9 Å². The van der Waals surface area contributed by atoms with Crippen LogP contribution in [0.4, 0.5) is 10.1 Å². The second-order valence-corrected chi connectivity index (χ2v) is 8.38. The van der Waals surface area contributed by atoms with Crippen molar-refractivity contribution in [3.63, 3.8) is 0 Å². The number of sulfonamides is 1. The third kappa shape index (κ3) is 4.44. The molecule has 0 spiro atoms. The maximum atomic E-state index is 14.2. The van der Waals surface area contributed by atoms with Crippen molar-refractivity contribution in [1.82, 2.24) is 15.2 Å². The highest BCUT2D eigenvalue weighted by molar-refractivity contribution is 7.89. The van der Waals surface area contributed by atoms with Crippen molar-refractivity contribution in [3.8, 4) is 0 Å². The number of halogens is 1. The number of hydrazine groups is 1. The van der Waals surface area contributed by atoms with Crippen LogP contribution in [0.3, 0.4) is 0 Å². The molecule has 0 atom stereocenters. The van der Waals surface area contributed by atoms with Crippen LogP contribution in [0.25, 0.3) is 0 Å². The molecule has 2 aromatic carbocycles. The molecule has 1 aliphatic rings. The average molecular weight is 436 g/mol. The summed E-state index contributed by atoms with van der Waals surface area (Å²) in [5.74, 6) is -2.69. The van der Waals surface area contributed by atoms with Gasteiger partial charge in [0.2, 0.25) is 10.0 Å². The third-order valence-corrected chi connectivity index (χ3v) is 6.40. The number of carbonyl (C=O) groups is 2. The fraction of sp³-hybridized carbons (Fsp3) is 0.222. The fourth-order valence-corrected chi connectivity index (χ4v) is 4.54. The standard InChI is InChI=1S/C18H17FN4O6S/c19-15-7-6-13(11-16(15)30(28,29)22-8-1-2-9-22)18(25)21-20-17(24)12-4-3-5-14(10-12)23(26)27/h3-7,10-11H,1-2,8-9H2,(H,20,24)(H,21,25). The van der Waals surface area contributed by atoms with Crippen LogP contribution in [0.2, 0.25) is 0 Å². The van der Waals surface area contributed by atoms with E-state index in [1.54, 1.807) is 0 Å². The Morgan fingerprint density at radius 1 is 1.00 bits per heavy atom. The fourth-order valence-electron chi connectivity index (χ4n) is 2.93. The van der Waals surface area contributed by atoms with Gasteiger partial charge >= 0.3 is 0 Å². The van der Waals surface area contributed by atoms with Crippen molar-refractivity contribution in [2.45, 2.75) is 17.7 Å². The molecule has 1 fully saturated rings. The molecule has 158 valence electrons. The highest BCUT2D eigenvalue weighted by atomic mass is 32.2. The molecule has 0 aromatic heterocycles. The van der Waals surface area contributed by atoms with Gasteiger partial charge in [-0.15, -0.1) is 0 Å². The predicted octanol–water partition coefficient (Wildman–Crippen LogP) is 1.59. The monoisotopic (exact) mass is 436 g/mol. The lowest BCUT2D eigenvalue weighted by Crippen LogP contribution is -2.41. The van der Waals surface area contributed by atoms with Crippen molar-refractivity contribution in [3.05, 3.63) is 69.5 Å². The van der Waals surface area contributed by atoms with Crippen LogP contribution in [-0.2, 0) is 10.0 Å². The van der Waals surface area contributed by atoms with Crippen molar-refractivity contribution in [2.24, 2.45) is 0 Å². The lowest BCUT2D eigenvalue weighted by molar-refractivity contribution is -0.384. The van der Waals surface area contributed by atoms with Crippen LogP contribution in [0.15, 0.2) is 47.4 Å². The zero-order valence-corrected chi connectivity index (χ0v) is 16.3. The third-order valence-electron chi connectivity index (χ3n) is 4.48. The Labute approximate surface area is 170 Å². The number of nitro groups is 1. The molecule has 1 aliphatic heterocycles. The van der Waals surface area contributed by atoms with Gasteiger partial charge in [-0.05, 0) is 37.1 Å². The Balaban J connectivity index is 1.74. The molecule has 0 aliphatic carbocycles. The lowest BCUT2D eigenvalue weighted by atomic mass is 10.2. The van der Waals surface area contributed by atoms with Crippen LogP contribution in [0, 0.1) is 15.9 Å². The molecule has 12 heteroatoms. The van der Waals surface area contributed by atoms with Gasteiger partial charge in [0.1, 0.15) is 10.7 Å². The first-order valence-electron chi connectivity index (χ1n) is 8.85. The molecule has 2 aromatic rings. The minimum Gasteiger partial charge on any atom is -0.267 e. The molecule has 0 unspecified atom stereocenters. The van der Waals surface area contributed by atoms with Gasteiger partial charge in [-0.25, -0.2) is 12.8 Å². The largest absolute Gasteiger partial charge is 0.270 e. The smallest absolute Gasteiger partial charge is 0.267 e. The van der Waals surface area contributed by atoms with E-state index < -0.39 is 37.5 Å². The number of amides is 2. The van der Waals surface area contributed by atoms with Gasteiger partial charge in [0.25, 0.3) is 17.5 Å². The molecular weight excluding hydrogens is 419 g/mol. The minimum atomic E-state index is -4.09. The molecule has 10 nitrogen and oxygen atoms in total. The van der Waals surface area contributed by atoms with E-state index >= 15 is 0 Å². The highest BCUT2D eigenvalue weighted by Gasteiger charge is 2.30. The second-order valence-electron chi connectivity index (χ2n) is 6.47. The van der Waals surface area contributed by atoms with Crippen LogP contribution >= 0.6 is 0 Å². The maximum Gasteiger partial charge on any atom is 0.270 e. The quantitative estimate of drug-likeness (QED) is 0.539. The molecule has 30 heavy (non-hydrogen) atoms. The Kier molecular flexibility index (Phi) is 6.08. The molecule has 0 bridgehead atoms. The SMILES string of the molecule is O=C(NNC(=O)c1ccc(F)c(S(=O)(=O)N2CCCC2)c1)c1cccc([N+](=O)[O-])c1. The zero-order chi connectivity index (χ0) is 21.9. The number of benzene rings is 2. The molecular formula is C18H17FN4O6S. The van der Waals surface area contributed by atoms with Crippen LogP contribution in [0.5, 0.6) is 0 Å². The van der Waals surface area contributed by atoms with E-state index in [1.165, 1.54) is 18.2 Å². The summed E-state index contributed by atoms with van der Waals surface area (Å²) >= 11 is 0. The summed E-state index contributed by atoms with van der Waals surface area (Å²) in [4.78, 5) is 33.9. The van der Waals surface area contributed by atoms with Gasteiger partial charge in [0.05, 0.1) is 4.92 Å². The first-order chi connectivity index (χ1) is 14.2. The predicted molar refractivity (Wildman–Crippen MR) is 102 cm³/mol. The molecule has 0 saturated carbocycles.